The quantitative estimate of drug-likeness (QED) is 0.819. The maximum Gasteiger partial charge on any atom is 0.227 e. The molecule has 22 heavy (non-hydrogen) atoms. The molecule has 0 aromatic carbocycles. The largest absolute Gasteiger partial charge is 0.340 e. The van der Waals surface area contributed by atoms with Gasteiger partial charge in [-0.1, -0.05) is 0 Å². The van der Waals surface area contributed by atoms with E-state index in [4.69, 9.17) is 0 Å². The molecule has 0 saturated carbocycles. The zero-order valence-corrected chi connectivity index (χ0v) is 12.1. The third kappa shape index (κ3) is 2.18. The highest BCUT2D eigenvalue weighted by atomic mass is 16.2. The van der Waals surface area contributed by atoms with Crippen molar-refractivity contribution in [3.8, 4) is 0 Å². The molecule has 2 aromatic rings. The van der Waals surface area contributed by atoms with Gasteiger partial charge in [0.25, 0.3) is 0 Å². The molecule has 7 nitrogen and oxygen atoms in total. The van der Waals surface area contributed by atoms with Crippen molar-refractivity contribution in [2.45, 2.75) is 12.8 Å². The molecule has 1 atom stereocenters. The van der Waals surface area contributed by atoms with E-state index < -0.39 is 0 Å². The number of aromatic nitrogens is 4. The van der Waals surface area contributed by atoms with E-state index in [0.717, 1.165) is 31.1 Å². The summed E-state index contributed by atoms with van der Waals surface area (Å²) in [5, 5.41) is 0. The molecule has 0 N–H and O–H groups in total. The van der Waals surface area contributed by atoms with E-state index in [1.807, 2.05) is 6.07 Å². The molecule has 2 aliphatic heterocycles. The predicted octanol–water partition coefficient (Wildman–Crippen LogP) is 0.900. The van der Waals surface area contributed by atoms with Crippen LogP contribution in [0.4, 0.5) is 11.6 Å². The van der Waals surface area contributed by atoms with Gasteiger partial charge in [-0.15, -0.1) is 0 Å². The van der Waals surface area contributed by atoms with Gasteiger partial charge < -0.3 is 9.80 Å². The topological polar surface area (TPSA) is 75.1 Å². The molecule has 2 aliphatic rings. The van der Waals surface area contributed by atoms with E-state index in [9.17, 15) is 4.79 Å². The zero-order valence-electron chi connectivity index (χ0n) is 12.1. The van der Waals surface area contributed by atoms with Crippen LogP contribution in [-0.2, 0) is 4.79 Å². The lowest BCUT2D eigenvalue weighted by Gasteiger charge is -2.23. The van der Waals surface area contributed by atoms with Gasteiger partial charge >= 0.3 is 0 Å². The van der Waals surface area contributed by atoms with Gasteiger partial charge in [0.15, 0.2) is 0 Å². The van der Waals surface area contributed by atoms with Gasteiger partial charge in [-0.3, -0.25) is 4.79 Å². The minimum Gasteiger partial charge on any atom is -0.340 e. The van der Waals surface area contributed by atoms with Gasteiger partial charge in [0.05, 0.1) is 18.1 Å². The summed E-state index contributed by atoms with van der Waals surface area (Å²) in [7, 11) is 0. The average molecular weight is 296 g/mol. The number of nitrogens with zero attached hydrogens (tertiary/aromatic N) is 6. The second-order valence-electron chi connectivity index (χ2n) is 5.97. The summed E-state index contributed by atoms with van der Waals surface area (Å²) in [6.07, 6.45) is 9.89. The molecule has 0 aliphatic carbocycles. The van der Waals surface area contributed by atoms with Crippen LogP contribution in [0.5, 0.6) is 0 Å². The molecule has 0 unspecified atom stereocenters. The zero-order chi connectivity index (χ0) is 15.0. The first kappa shape index (κ1) is 13.1. The van der Waals surface area contributed by atoms with Crippen molar-refractivity contribution in [2.24, 2.45) is 5.41 Å². The Labute approximate surface area is 128 Å². The average Bonchev–Trinajstić information content (AvgIpc) is 3.13. The molecular weight excluding hydrogens is 280 g/mol. The molecule has 4 heterocycles. The van der Waals surface area contributed by atoms with Crippen molar-refractivity contribution in [3.63, 3.8) is 0 Å². The Kier molecular flexibility index (Phi) is 2.99. The Hall–Kier alpha value is -2.57. The molecule has 112 valence electrons. The van der Waals surface area contributed by atoms with Crippen molar-refractivity contribution in [3.05, 3.63) is 37.2 Å². The van der Waals surface area contributed by atoms with Gasteiger partial charge in [0.1, 0.15) is 6.33 Å². The fourth-order valence-corrected chi connectivity index (χ4v) is 3.40. The van der Waals surface area contributed by atoms with E-state index in [1.165, 1.54) is 6.33 Å². The van der Waals surface area contributed by atoms with Crippen molar-refractivity contribution in [2.75, 3.05) is 29.4 Å². The van der Waals surface area contributed by atoms with E-state index in [1.54, 1.807) is 29.7 Å². The number of amides is 1. The first-order valence-corrected chi connectivity index (χ1v) is 7.33. The normalized spacial score (nSPS) is 24.5. The summed E-state index contributed by atoms with van der Waals surface area (Å²) in [5.41, 5.74) is 0.755. The molecule has 4 rings (SSSR count). The van der Waals surface area contributed by atoms with Gasteiger partial charge in [0, 0.05) is 43.9 Å². The predicted molar refractivity (Wildman–Crippen MR) is 80.3 cm³/mol. The molecule has 7 heteroatoms. The Bertz CT molecular complexity index is 679. The van der Waals surface area contributed by atoms with Crippen molar-refractivity contribution < 1.29 is 4.79 Å². The minimum atomic E-state index is -0.0217. The Balaban J connectivity index is 1.54. The monoisotopic (exact) mass is 296 g/mol. The third-order valence-corrected chi connectivity index (χ3v) is 4.45. The molecular formula is C15H16N6O. The minimum absolute atomic E-state index is 0.0217. The van der Waals surface area contributed by atoms with Crippen molar-refractivity contribution in [1.82, 2.24) is 19.9 Å². The van der Waals surface area contributed by atoms with Crippen LogP contribution in [0.25, 0.3) is 0 Å². The summed E-state index contributed by atoms with van der Waals surface area (Å²) in [4.78, 5) is 33.0. The summed E-state index contributed by atoms with van der Waals surface area (Å²) in [6, 6.07) is 1.81. The van der Waals surface area contributed by atoms with Crippen LogP contribution < -0.4 is 9.80 Å². The summed E-state index contributed by atoms with van der Waals surface area (Å²) >= 11 is 0. The number of rotatable bonds is 2. The number of anilines is 2. The Morgan fingerprint density at radius 2 is 1.86 bits per heavy atom. The highest BCUT2D eigenvalue weighted by Gasteiger charge is 2.48. The van der Waals surface area contributed by atoms with Gasteiger partial charge in [-0.05, 0) is 12.5 Å². The van der Waals surface area contributed by atoms with Crippen LogP contribution in [0.15, 0.2) is 37.2 Å². The lowest BCUT2D eigenvalue weighted by atomic mass is 9.86. The number of hydrogen-bond acceptors (Lipinski definition) is 6. The maximum absolute atomic E-state index is 12.4. The molecule has 1 spiro atoms. The number of carbonyl (C=O) groups excluding carboxylic acids is 1. The Morgan fingerprint density at radius 3 is 2.64 bits per heavy atom. The summed E-state index contributed by atoms with van der Waals surface area (Å²) in [6.45, 7) is 2.41. The van der Waals surface area contributed by atoms with Crippen LogP contribution in [0.1, 0.15) is 12.8 Å². The van der Waals surface area contributed by atoms with Crippen LogP contribution >= 0.6 is 0 Å². The van der Waals surface area contributed by atoms with E-state index >= 15 is 0 Å². The second kappa shape index (κ2) is 5.01. The lowest BCUT2D eigenvalue weighted by Crippen LogP contribution is -2.31. The van der Waals surface area contributed by atoms with Crippen LogP contribution in [0.2, 0.25) is 0 Å². The molecule has 0 radical (unpaired) electrons. The standard InChI is InChI=1S/C15H16N6O/c22-13-6-15(10-21(13)12-7-16-11-17-8-12)2-5-20(9-15)14-18-3-1-4-19-14/h1,3-4,7-8,11H,2,5-6,9-10H2/t15-/m0/s1. The van der Waals surface area contributed by atoms with E-state index in [0.29, 0.717) is 13.0 Å². The van der Waals surface area contributed by atoms with Gasteiger partial charge in [-0.25, -0.2) is 19.9 Å². The fraction of sp³-hybridized carbons (Fsp3) is 0.400. The maximum atomic E-state index is 12.4. The molecule has 0 bridgehead atoms. The van der Waals surface area contributed by atoms with E-state index in [2.05, 4.69) is 24.8 Å². The van der Waals surface area contributed by atoms with Gasteiger partial charge in [-0.2, -0.15) is 0 Å². The number of carbonyl (C=O) groups is 1. The molecule has 1 amide bonds. The fourth-order valence-electron chi connectivity index (χ4n) is 3.40. The molecule has 2 fully saturated rings. The lowest BCUT2D eigenvalue weighted by molar-refractivity contribution is -0.117. The third-order valence-electron chi connectivity index (χ3n) is 4.45. The summed E-state index contributed by atoms with van der Waals surface area (Å²) in [5.74, 6) is 0.888. The SMILES string of the molecule is O=C1C[C@]2(CCN(c3ncccn3)C2)CN1c1cncnc1. The first-order chi connectivity index (χ1) is 10.8. The highest BCUT2D eigenvalue weighted by molar-refractivity contribution is 5.96. The Morgan fingerprint density at radius 1 is 1.09 bits per heavy atom. The van der Waals surface area contributed by atoms with Crippen LogP contribution in [0, 0.1) is 5.41 Å². The molecule has 2 saturated heterocycles. The van der Waals surface area contributed by atoms with Crippen molar-refractivity contribution in [1.29, 1.82) is 0 Å². The first-order valence-electron chi connectivity index (χ1n) is 7.33. The molecule has 2 aromatic heterocycles. The van der Waals surface area contributed by atoms with Crippen LogP contribution in [0.3, 0.4) is 0 Å². The smallest absolute Gasteiger partial charge is 0.227 e. The number of hydrogen-bond donors (Lipinski definition) is 0. The van der Waals surface area contributed by atoms with Gasteiger partial charge in [0.2, 0.25) is 11.9 Å². The second-order valence-corrected chi connectivity index (χ2v) is 5.97. The van der Waals surface area contributed by atoms with Crippen molar-refractivity contribution >= 4 is 17.5 Å². The summed E-state index contributed by atoms with van der Waals surface area (Å²) < 4.78 is 0. The van der Waals surface area contributed by atoms with E-state index in [-0.39, 0.29) is 11.3 Å². The highest BCUT2D eigenvalue weighted by Crippen LogP contribution is 2.42. The van der Waals surface area contributed by atoms with Crippen LogP contribution in [-0.4, -0.2) is 45.5 Å².